The van der Waals surface area contributed by atoms with Crippen molar-refractivity contribution in [3.8, 4) is 0 Å². The van der Waals surface area contributed by atoms with Gasteiger partial charge in [-0.15, -0.1) is 0 Å². The zero-order valence-electron chi connectivity index (χ0n) is 17.4. The van der Waals surface area contributed by atoms with Gasteiger partial charge >= 0.3 is 0 Å². The van der Waals surface area contributed by atoms with Crippen LogP contribution < -0.4 is 0 Å². The first-order valence-electron chi connectivity index (χ1n) is 10.4. The summed E-state index contributed by atoms with van der Waals surface area (Å²) in [6, 6.07) is 0. The van der Waals surface area contributed by atoms with E-state index in [0.717, 1.165) is 0 Å². The van der Waals surface area contributed by atoms with E-state index in [2.05, 4.69) is 62.3 Å². The second kappa shape index (κ2) is 9.74. The van der Waals surface area contributed by atoms with E-state index in [-0.39, 0.29) is 0 Å². The molecular weight excluding hydrogens is 279 g/mol. The van der Waals surface area contributed by atoms with Crippen molar-refractivity contribution in [2.45, 2.75) is 133 Å². The van der Waals surface area contributed by atoms with Gasteiger partial charge in [0.25, 0.3) is 0 Å². The Morgan fingerprint density at radius 1 is 0.364 bits per heavy atom. The highest BCUT2D eigenvalue weighted by atomic mass is 27.2. The van der Waals surface area contributed by atoms with Gasteiger partial charge in [-0.2, -0.15) is 0 Å². The van der Waals surface area contributed by atoms with E-state index in [1.807, 2.05) is 0 Å². The predicted octanol–water partition coefficient (Wildman–Crippen LogP) is 8.39. The molecule has 0 saturated carbocycles. The molecule has 1 radical (unpaired) electrons. The van der Waals surface area contributed by atoms with Crippen LogP contribution in [0.3, 0.4) is 0 Å². The first kappa shape index (κ1) is 22.5. The molecule has 0 spiro atoms. The standard InChI is InChI=1S/3C7H15.Al/c3*1-4-7(5-2)6-3;/h3*4-6H2,1-3H3;/q;;;-1. The fourth-order valence-electron chi connectivity index (χ4n) is 6.04. The normalized spacial score (nSPS) is 13.9. The molecule has 1 heteroatoms. The van der Waals surface area contributed by atoms with Gasteiger partial charge in [-0.3, -0.25) is 0 Å². The molecule has 0 aromatic rings. The summed E-state index contributed by atoms with van der Waals surface area (Å²) in [5.74, 6) is 0. The first-order valence-corrected chi connectivity index (χ1v) is 12.1. The maximum absolute atomic E-state index is 2.49. The second-order valence-corrected chi connectivity index (χ2v) is 12.2. The van der Waals surface area contributed by atoms with Gasteiger partial charge in [0.15, 0.2) is 0 Å². The van der Waals surface area contributed by atoms with E-state index in [9.17, 15) is 0 Å². The Labute approximate surface area is 147 Å². The van der Waals surface area contributed by atoms with Gasteiger partial charge in [0.05, 0.1) is 0 Å². The molecule has 0 nitrogen and oxygen atoms in total. The Kier molecular flexibility index (Phi) is 9.97. The van der Waals surface area contributed by atoms with Crippen molar-refractivity contribution in [2.24, 2.45) is 0 Å². The second-order valence-electron chi connectivity index (χ2n) is 7.70. The van der Waals surface area contributed by atoms with E-state index in [1.165, 1.54) is 57.8 Å². The van der Waals surface area contributed by atoms with Crippen molar-refractivity contribution in [1.82, 2.24) is 0 Å². The zero-order chi connectivity index (χ0) is 17.4. The molecule has 0 unspecified atom stereocenters. The summed E-state index contributed by atoms with van der Waals surface area (Å²) in [5.41, 5.74) is 0. The highest BCUT2D eigenvalue weighted by Gasteiger charge is 2.45. The Morgan fingerprint density at radius 2 is 0.500 bits per heavy atom. The molecule has 22 heavy (non-hydrogen) atoms. The third kappa shape index (κ3) is 3.78. The van der Waals surface area contributed by atoms with Gasteiger partial charge in [-0.05, 0) is 14.1 Å². The van der Waals surface area contributed by atoms with Crippen LogP contribution in [0.4, 0.5) is 0 Å². The number of hydrogen-bond donors (Lipinski definition) is 0. The number of hydrogen-bond acceptors (Lipinski definition) is 0. The van der Waals surface area contributed by atoms with Crippen molar-refractivity contribution in [3.05, 3.63) is 0 Å². The summed E-state index contributed by atoms with van der Waals surface area (Å²) >= 11 is -0.986. The molecule has 0 amide bonds. The lowest BCUT2D eigenvalue weighted by atomic mass is 9.94. The van der Waals surface area contributed by atoms with Crippen molar-refractivity contribution < 1.29 is 0 Å². The average molecular weight is 325 g/mol. The van der Waals surface area contributed by atoms with E-state index in [1.54, 1.807) is 0 Å². The Hall–Kier alpha value is 0.532. The molecular formula is C21H45Al-. The third-order valence-corrected chi connectivity index (χ3v) is 15.5. The Morgan fingerprint density at radius 3 is 0.591 bits per heavy atom. The molecule has 0 aliphatic heterocycles. The van der Waals surface area contributed by atoms with E-state index in [0.29, 0.717) is 12.8 Å². The van der Waals surface area contributed by atoms with E-state index < -0.39 is 14.1 Å². The molecule has 0 N–H and O–H groups in total. The van der Waals surface area contributed by atoms with Gasteiger partial charge in [-0.1, -0.05) is 120 Å². The minimum atomic E-state index is -0.986. The average Bonchev–Trinajstić information content (AvgIpc) is 2.60. The summed E-state index contributed by atoms with van der Waals surface area (Å²) < 4.78 is 1.97. The smallest absolute Gasteiger partial charge is 0.00468 e. The fraction of sp³-hybridized carbons (Fsp3) is 1.00. The summed E-state index contributed by atoms with van der Waals surface area (Å²) in [6.45, 7) is 22.4. The minimum Gasteiger partial charge on any atom is -0.200 e. The fourth-order valence-corrected chi connectivity index (χ4v) is 13.6. The largest absolute Gasteiger partial charge is 0.200 e. The summed E-state index contributed by atoms with van der Waals surface area (Å²) in [7, 11) is 0. The molecule has 0 rings (SSSR count). The molecule has 0 heterocycles. The van der Waals surface area contributed by atoms with Crippen LogP contribution in [0, 0.1) is 0 Å². The van der Waals surface area contributed by atoms with Crippen LogP contribution in [-0.2, 0) is 0 Å². The van der Waals surface area contributed by atoms with Crippen LogP contribution in [-0.4, -0.2) is 14.1 Å². The molecule has 0 aromatic heterocycles. The van der Waals surface area contributed by atoms with E-state index >= 15 is 0 Å². The monoisotopic (exact) mass is 324 g/mol. The quantitative estimate of drug-likeness (QED) is 0.316. The van der Waals surface area contributed by atoms with Crippen molar-refractivity contribution in [3.63, 3.8) is 0 Å². The maximum atomic E-state index is 2.49. The topological polar surface area (TPSA) is 0 Å². The van der Waals surface area contributed by atoms with Crippen LogP contribution in [0.2, 0.25) is 12.8 Å². The van der Waals surface area contributed by atoms with Gasteiger partial charge < -0.3 is 0 Å². The van der Waals surface area contributed by atoms with Crippen molar-refractivity contribution >= 4 is 14.1 Å². The Bertz CT molecular complexity index is 210. The van der Waals surface area contributed by atoms with Gasteiger partial charge in [0, 0.05) is 0 Å². The molecule has 0 aliphatic rings. The van der Waals surface area contributed by atoms with Crippen LogP contribution in [0.1, 0.15) is 120 Å². The lowest BCUT2D eigenvalue weighted by Crippen LogP contribution is -2.51. The van der Waals surface area contributed by atoms with Gasteiger partial charge in [-0.25, -0.2) is 12.8 Å². The molecule has 0 aromatic carbocycles. The van der Waals surface area contributed by atoms with Gasteiger partial charge in [0.1, 0.15) is 0 Å². The molecule has 0 aliphatic carbocycles. The zero-order valence-corrected chi connectivity index (χ0v) is 18.6. The molecule has 0 fully saturated rings. The summed E-state index contributed by atoms with van der Waals surface area (Å²) in [6.07, 6.45) is 12.6. The lowest BCUT2D eigenvalue weighted by molar-refractivity contribution is 0.356. The highest BCUT2D eigenvalue weighted by molar-refractivity contribution is 6.69. The first-order chi connectivity index (χ1) is 10.4. The van der Waals surface area contributed by atoms with Crippen LogP contribution in [0.15, 0.2) is 0 Å². The predicted molar refractivity (Wildman–Crippen MR) is 106 cm³/mol. The van der Waals surface area contributed by atoms with Crippen molar-refractivity contribution in [2.75, 3.05) is 0 Å². The SMILES string of the molecule is CC[C](CC)(CC)[Al-]([C](CC)(CC)CC)[C](CC)(CC)CC. The van der Waals surface area contributed by atoms with Crippen LogP contribution in [0.5, 0.6) is 0 Å². The molecule has 133 valence electrons. The van der Waals surface area contributed by atoms with E-state index in [4.69, 9.17) is 0 Å². The maximum Gasteiger partial charge on any atom is -0.00468 e. The van der Waals surface area contributed by atoms with Gasteiger partial charge in [0.2, 0.25) is 0 Å². The summed E-state index contributed by atoms with van der Waals surface area (Å²) in [4.78, 5) is 0. The van der Waals surface area contributed by atoms with Crippen LogP contribution >= 0.6 is 0 Å². The summed E-state index contributed by atoms with van der Waals surface area (Å²) in [5, 5.41) is 0. The lowest BCUT2D eigenvalue weighted by Gasteiger charge is -2.68. The Balaban J connectivity index is 6.42. The molecule has 0 bridgehead atoms. The minimum absolute atomic E-state index is 0.657. The molecule has 0 atom stereocenters. The highest BCUT2D eigenvalue weighted by Crippen LogP contribution is 2.65. The third-order valence-electron chi connectivity index (χ3n) is 8.17. The number of rotatable bonds is 12. The molecule has 0 saturated heterocycles. The van der Waals surface area contributed by atoms with Crippen molar-refractivity contribution in [1.29, 1.82) is 0 Å². The van der Waals surface area contributed by atoms with Crippen LogP contribution in [0.25, 0.3) is 0 Å².